The molecule has 210 valence electrons. The number of rotatable bonds is 6. The van der Waals surface area contributed by atoms with E-state index in [4.69, 9.17) is 29.3 Å². The molecule has 40 heavy (non-hydrogen) atoms. The van der Waals surface area contributed by atoms with Crippen LogP contribution in [0.1, 0.15) is 22.8 Å². The number of carboxylic acids is 2. The van der Waals surface area contributed by atoms with E-state index in [1.165, 1.54) is 27.4 Å². The van der Waals surface area contributed by atoms with Gasteiger partial charge < -0.3 is 29.2 Å². The third-order valence-corrected chi connectivity index (χ3v) is 7.03. The van der Waals surface area contributed by atoms with Gasteiger partial charge in [-0.2, -0.15) is 0 Å². The summed E-state index contributed by atoms with van der Waals surface area (Å²) in [6, 6.07) is 20.9. The van der Waals surface area contributed by atoms with Gasteiger partial charge in [-0.3, -0.25) is 9.69 Å². The molecular formula is C30H33N3O7. The average Bonchev–Trinajstić information content (AvgIpc) is 3.29. The molecule has 1 aliphatic heterocycles. The second kappa shape index (κ2) is 12.5. The summed E-state index contributed by atoms with van der Waals surface area (Å²) < 4.78 is 13.2. The molecule has 0 aliphatic carbocycles. The predicted molar refractivity (Wildman–Crippen MR) is 151 cm³/mol. The zero-order chi connectivity index (χ0) is 28.8. The lowest BCUT2D eigenvalue weighted by Crippen LogP contribution is -2.48. The van der Waals surface area contributed by atoms with Crippen LogP contribution in [-0.2, 0) is 22.7 Å². The highest BCUT2D eigenvalue weighted by molar-refractivity contribution is 6.27. The summed E-state index contributed by atoms with van der Waals surface area (Å²) in [5, 5.41) is 17.4. The lowest BCUT2D eigenvalue weighted by molar-refractivity contribution is -0.159. The van der Waals surface area contributed by atoms with Crippen molar-refractivity contribution in [3.05, 3.63) is 71.8 Å². The normalized spacial score (nSPS) is 13.5. The van der Waals surface area contributed by atoms with Crippen molar-refractivity contribution in [2.24, 2.45) is 0 Å². The first-order valence-electron chi connectivity index (χ1n) is 13.0. The Morgan fingerprint density at radius 1 is 0.800 bits per heavy atom. The number of benzene rings is 3. The van der Waals surface area contributed by atoms with Gasteiger partial charge in [0.1, 0.15) is 0 Å². The highest BCUT2D eigenvalue weighted by Gasteiger charge is 2.26. The summed E-state index contributed by atoms with van der Waals surface area (Å²) in [4.78, 5) is 35.7. The van der Waals surface area contributed by atoms with Crippen LogP contribution in [-0.4, -0.2) is 82.8 Å². The Bertz CT molecular complexity index is 1530. The van der Waals surface area contributed by atoms with Gasteiger partial charge in [0.25, 0.3) is 5.91 Å². The molecule has 2 N–H and O–H groups in total. The molecule has 2 heterocycles. The molecular weight excluding hydrogens is 514 g/mol. The number of carbonyl (C=O) groups is 3. The second-order valence-corrected chi connectivity index (χ2v) is 9.33. The number of methoxy groups -OCH3 is 2. The number of carboxylic acid groups (broad SMARTS) is 2. The van der Waals surface area contributed by atoms with Crippen LogP contribution >= 0.6 is 0 Å². The number of carbonyl (C=O) groups excluding carboxylic acids is 1. The molecule has 0 saturated carbocycles. The average molecular weight is 548 g/mol. The summed E-state index contributed by atoms with van der Waals surface area (Å²) >= 11 is 0. The molecule has 0 bridgehead atoms. The van der Waals surface area contributed by atoms with Crippen molar-refractivity contribution in [1.82, 2.24) is 14.4 Å². The maximum Gasteiger partial charge on any atom is 0.414 e. The van der Waals surface area contributed by atoms with Crippen LogP contribution in [0.4, 0.5) is 0 Å². The summed E-state index contributed by atoms with van der Waals surface area (Å²) in [6.07, 6.45) is 0. The molecule has 3 aromatic carbocycles. The standard InChI is InChI=1S/C28H31N3O3.C2H2O4/c1-4-31-24-10-6-5-8-21(24)23-18-20(12-13-25(23)31)19-29-14-16-30(17-15-29)28(32)22-9-7-11-26(33-2)27(22)34-3;3-1(4)2(5)6/h5-13,18H,4,14-17,19H2,1-3H3;(H,3,4)(H,5,6). The van der Waals surface area contributed by atoms with Gasteiger partial charge in [-0.1, -0.05) is 30.3 Å². The van der Waals surface area contributed by atoms with Crippen LogP contribution in [0.5, 0.6) is 11.5 Å². The smallest absolute Gasteiger partial charge is 0.414 e. The Balaban J connectivity index is 0.000000557. The number of piperazine rings is 1. The van der Waals surface area contributed by atoms with Gasteiger partial charge in [-0.25, -0.2) is 9.59 Å². The molecule has 1 amide bonds. The van der Waals surface area contributed by atoms with Crippen LogP contribution in [0.2, 0.25) is 0 Å². The Labute approximate surface area is 231 Å². The van der Waals surface area contributed by atoms with E-state index in [9.17, 15) is 4.79 Å². The van der Waals surface area contributed by atoms with Gasteiger partial charge in [0.05, 0.1) is 19.8 Å². The molecule has 1 aromatic heterocycles. The molecule has 1 aliphatic rings. The lowest BCUT2D eigenvalue weighted by Gasteiger charge is -2.35. The number of nitrogens with zero attached hydrogens (tertiary/aromatic N) is 3. The Morgan fingerprint density at radius 3 is 2.10 bits per heavy atom. The van der Waals surface area contributed by atoms with Crippen LogP contribution in [0.3, 0.4) is 0 Å². The Kier molecular flexibility index (Phi) is 8.90. The minimum atomic E-state index is -1.82. The Hall–Kier alpha value is -4.57. The van der Waals surface area contributed by atoms with Crippen LogP contribution in [0, 0.1) is 0 Å². The monoisotopic (exact) mass is 547 g/mol. The van der Waals surface area contributed by atoms with Gasteiger partial charge in [0, 0.05) is 61.1 Å². The number of ether oxygens (including phenoxy) is 2. The van der Waals surface area contributed by atoms with E-state index < -0.39 is 11.9 Å². The number of hydrogen-bond acceptors (Lipinski definition) is 6. The second-order valence-electron chi connectivity index (χ2n) is 9.33. The fourth-order valence-corrected chi connectivity index (χ4v) is 5.13. The van der Waals surface area contributed by atoms with Crippen LogP contribution < -0.4 is 9.47 Å². The number of aryl methyl sites for hydroxylation is 1. The van der Waals surface area contributed by atoms with Gasteiger partial charge in [-0.15, -0.1) is 0 Å². The third-order valence-electron chi connectivity index (χ3n) is 7.03. The molecule has 0 radical (unpaired) electrons. The summed E-state index contributed by atoms with van der Waals surface area (Å²) in [7, 11) is 3.16. The molecule has 10 nitrogen and oxygen atoms in total. The molecule has 5 rings (SSSR count). The first-order chi connectivity index (χ1) is 19.3. The van der Waals surface area contributed by atoms with Gasteiger partial charge >= 0.3 is 11.9 Å². The van der Waals surface area contributed by atoms with E-state index in [2.05, 4.69) is 58.9 Å². The van der Waals surface area contributed by atoms with Crippen molar-refractivity contribution in [1.29, 1.82) is 0 Å². The molecule has 4 aromatic rings. The number of aliphatic carboxylic acids is 2. The molecule has 0 unspecified atom stereocenters. The van der Waals surface area contributed by atoms with E-state index in [0.717, 1.165) is 26.2 Å². The van der Waals surface area contributed by atoms with Crippen molar-refractivity contribution in [3.63, 3.8) is 0 Å². The quantitative estimate of drug-likeness (QED) is 0.348. The summed E-state index contributed by atoms with van der Waals surface area (Å²) in [5.74, 6) is -2.59. The maximum atomic E-state index is 13.2. The topological polar surface area (TPSA) is 122 Å². The predicted octanol–water partition coefficient (Wildman–Crippen LogP) is 3.95. The zero-order valence-corrected chi connectivity index (χ0v) is 22.8. The molecule has 0 spiro atoms. The molecule has 10 heteroatoms. The Morgan fingerprint density at radius 2 is 1.48 bits per heavy atom. The number of amides is 1. The van der Waals surface area contributed by atoms with Crippen molar-refractivity contribution < 1.29 is 34.1 Å². The van der Waals surface area contributed by atoms with E-state index in [1.54, 1.807) is 20.3 Å². The van der Waals surface area contributed by atoms with Crippen LogP contribution in [0.25, 0.3) is 21.8 Å². The molecule has 1 saturated heterocycles. The van der Waals surface area contributed by atoms with E-state index in [1.807, 2.05) is 17.0 Å². The zero-order valence-electron chi connectivity index (χ0n) is 22.8. The molecule has 1 fully saturated rings. The van der Waals surface area contributed by atoms with Gasteiger partial charge in [-0.05, 0) is 42.8 Å². The van der Waals surface area contributed by atoms with E-state index in [-0.39, 0.29) is 5.91 Å². The van der Waals surface area contributed by atoms with Crippen molar-refractivity contribution in [3.8, 4) is 11.5 Å². The first kappa shape index (κ1) is 28.4. The number of aromatic nitrogens is 1. The minimum absolute atomic E-state index is 0.0100. The number of fused-ring (bicyclic) bond motifs is 3. The van der Waals surface area contributed by atoms with Crippen molar-refractivity contribution >= 4 is 39.7 Å². The summed E-state index contributed by atoms with van der Waals surface area (Å²) in [5.41, 5.74) is 4.43. The minimum Gasteiger partial charge on any atom is -0.493 e. The summed E-state index contributed by atoms with van der Waals surface area (Å²) in [6.45, 7) is 7.10. The maximum absolute atomic E-state index is 13.2. The van der Waals surface area contributed by atoms with Crippen LogP contribution in [0.15, 0.2) is 60.7 Å². The van der Waals surface area contributed by atoms with Gasteiger partial charge in [0.2, 0.25) is 0 Å². The highest BCUT2D eigenvalue weighted by atomic mass is 16.5. The first-order valence-corrected chi connectivity index (χ1v) is 13.0. The largest absolute Gasteiger partial charge is 0.493 e. The highest BCUT2D eigenvalue weighted by Crippen LogP contribution is 2.32. The van der Waals surface area contributed by atoms with Crippen molar-refractivity contribution in [2.75, 3.05) is 40.4 Å². The fraction of sp³-hybridized carbons (Fsp3) is 0.300. The molecule has 0 atom stereocenters. The number of para-hydroxylation sites is 2. The van der Waals surface area contributed by atoms with Crippen molar-refractivity contribution in [2.45, 2.75) is 20.0 Å². The fourth-order valence-electron chi connectivity index (χ4n) is 5.13. The third kappa shape index (κ3) is 5.86. The van der Waals surface area contributed by atoms with E-state index in [0.29, 0.717) is 30.2 Å². The SMILES string of the molecule is CCn1c2ccccc2c2cc(CN3CCN(C(=O)c4cccc(OC)c4OC)CC3)ccc21.O=C(O)C(=O)O. The lowest BCUT2D eigenvalue weighted by atomic mass is 10.1. The van der Waals surface area contributed by atoms with E-state index >= 15 is 0 Å². The number of hydrogen-bond donors (Lipinski definition) is 2. The van der Waals surface area contributed by atoms with Gasteiger partial charge in [0.15, 0.2) is 11.5 Å².